The normalized spacial score (nSPS) is 10.9. The Balaban J connectivity index is 1.66. The van der Waals surface area contributed by atoms with E-state index in [0.717, 1.165) is 16.5 Å². The zero-order valence-electron chi connectivity index (χ0n) is 13.8. The van der Waals surface area contributed by atoms with E-state index in [4.69, 9.17) is 27.9 Å². The minimum absolute atomic E-state index is 0.0314. The SMILES string of the molecule is O=C(c1cc(Cl)c(O)c(Cl)n1)n1cc2ccc(Oc3ccccc3)cc2c1. The predicted molar refractivity (Wildman–Crippen MR) is 104 cm³/mol. The van der Waals surface area contributed by atoms with E-state index in [1.54, 1.807) is 12.4 Å². The lowest BCUT2D eigenvalue weighted by molar-refractivity contribution is 0.0955. The molecule has 0 spiro atoms. The number of hydrogen-bond acceptors (Lipinski definition) is 4. The number of benzene rings is 2. The number of ether oxygens (including phenoxy) is 1. The lowest BCUT2D eigenvalue weighted by Crippen LogP contribution is -2.11. The molecule has 2 aromatic heterocycles. The summed E-state index contributed by atoms with van der Waals surface area (Å²) in [6.07, 6.45) is 3.35. The molecule has 0 aliphatic rings. The molecule has 134 valence electrons. The summed E-state index contributed by atoms with van der Waals surface area (Å²) in [5.74, 6) is 0.619. The fourth-order valence-electron chi connectivity index (χ4n) is 2.64. The lowest BCUT2D eigenvalue weighted by atomic mass is 10.2. The smallest absolute Gasteiger partial charge is 0.280 e. The van der Waals surface area contributed by atoms with Crippen molar-refractivity contribution in [1.82, 2.24) is 9.55 Å². The number of para-hydroxylation sites is 1. The van der Waals surface area contributed by atoms with E-state index in [1.807, 2.05) is 48.5 Å². The highest BCUT2D eigenvalue weighted by Crippen LogP contribution is 2.31. The zero-order valence-corrected chi connectivity index (χ0v) is 15.3. The predicted octanol–water partition coefficient (Wildman–Crippen LogP) is 5.53. The van der Waals surface area contributed by atoms with E-state index in [2.05, 4.69) is 4.98 Å². The van der Waals surface area contributed by atoms with E-state index in [-0.39, 0.29) is 21.6 Å². The molecule has 0 saturated heterocycles. The molecule has 0 saturated carbocycles. The molecule has 0 bridgehead atoms. The van der Waals surface area contributed by atoms with Crippen molar-refractivity contribution in [3.8, 4) is 17.2 Å². The first-order valence-corrected chi connectivity index (χ1v) is 8.71. The third-order valence-electron chi connectivity index (χ3n) is 3.95. The lowest BCUT2D eigenvalue weighted by Gasteiger charge is -2.05. The van der Waals surface area contributed by atoms with Gasteiger partial charge in [-0.2, -0.15) is 0 Å². The molecule has 0 aliphatic carbocycles. The second-order valence-electron chi connectivity index (χ2n) is 5.81. The monoisotopic (exact) mass is 398 g/mol. The maximum absolute atomic E-state index is 12.7. The van der Waals surface area contributed by atoms with Crippen LogP contribution in [0.4, 0.5) is 0 Å². The van der Waals surface area contributed by atoms with Crippen molar-refractivity contribution < 1.29 is 14.6 Å². The topological polar surface area (TPSA) is 64.3 Å². The van der Waals surface area contributed by atoms with Gasteiger partial charge >= 0.3 is 0 Å². The highest BCUT2D eigenvalue weighted by atomic mass is 35.5. The summed E-state index contributed by atoms with van der Waals surface area (Å²) >= 11 is 11.7. The average Bonchev–Trinajstić information content (AvgIpc) is 3.09. The van der Waals surface area contributed by atoms with Gasteiger partial charge in [0.1, 0.15) is 17.2 Å². The largest absolute Gasteiger partial charge is 0.504 e. The van der Waals surface area contributed by atoms with Crippen molar-refractivity contribution in [3.63, 3.8) is 0 Å². The van der Waals surface area contributed by atoms with Crippen molar-refractivity contribution in [2.75, 3.05) is 0 Å². The van der Waals surface area contributed by atoms with E-state index in [9.17, 15) is 9.90 Å². The Hall–Kier alpha value is -3.02. The molecule has 4 rings (SSSR count). The van der Waals surface area contributed by atoms with Crippen molar-refractivity contribution in [2.45, 2.75) is 0 Å². The first-order valence-electron chi connectivity index (χ1n) is 7.95. The molecule has 5 nitrogen and oxygen atoms in total. The van der Waals surface area contributed by atoms with Crippen molar-refractivity contribution in [3.05, 3.63) is 82.9 Å². The van der Waals surface area contributed by atoms with Crippen LogP contribution in [0.25, 0.3) is 10.8 Å². The highest BCUT2D eigenvalue weighted by molar-refractivity contribution is 6.36. The maximum Gasteiger partial charge on any atom is 0.280 e. The van der Waals surface area contributed by atoms with Gasteiger partial charge in [-0.1, -0.05) is 41.4 Å². The molecular formula is C20H12Cl2N2O3. The van der Waals surface area contributed by atoms with Gasteiger partial charge in [-0.25, -0.2) is 4.98 Å². The zero-order chi connectivity index (χ0) is 19.0. The molecular weight excluding hydrogens is 387 g/mol. The summed E-state index contributed by atoms with van der Waals surface area (Å²) in [6.45, 7) is 0. The summed E-state index contributed by atoms with van der Waals surface area (Å²) in [5, 5.41) is 11.0. The average molecular weight is 399 g/mol. The number of fused-ring (bicyclic) bond motifs is 1. The summed E-state index contributed by atoms with van der Waals surface area (Å²) in [4.78, 5) is 16.6. The molecule has 0 fully saturated rings. The Morgan fingerprint density at radius 2 is 1.70 bits per heavy atom. The van der Waals surface area contributed by atoms with Gasteiger partial charge in [0, 0.05) is 23.2 Å². The van der Waals surface area contributed by atoms with Crippen LogP contribution in [0.15, 0.2) is 67.0 Å². The third kappa shape index (κ3) is 3.47. The highest BCUT2D eigenvalue weighted by Gasteiger charge is 2.16. The summed E-state index contributed by atoms with van der Waals surface area (Å²) < 4.78 is 7.21. The Bertz CT molecular complexity index is 1130. The number of pyridine rings is 1. The van der Waals surface area contributed by atoms with Crippen LogP contribution in [0.2, 0.25) is 10.2 Å². The van der Waals surface area contributed by atoms with Gasteiger partial charge in [-0.3, -0.25) is 9.36 Å². The minimum Gasteiger partial charge on any atom is -0.504 e. The third-order valence-corrected chi connectivity index (χ3v) is 4.50. The molecule has 2 aromatic carbocycles. The quantitative estimate of drug-likeness (QED) is 0.460. The molecule has 0 unspecified atom stereocenters. The van der Waals surface area contributed by atoms with Crippen LogP contribution in [0.1, 0.15) is 10.5 Å². The van der Waals surface area contributed by atoms with Crippen LogP contribution in [0.3, 0.4) is 0 Å². The standard InChI is InChI=1S/C20H12Cl2N2O3/c21-16-9-17(23-19(22)18(16)25)20(26)24-10-12-6-7-15(8-13(12)11-24)27-14-4-2-1-3-5-14/h1-11,25H. The summed E-state index contributed by atoms with van der Waals surface area (Å²) in [6, 6.07) is 16.2. The molecule has 2 heterocycles. The number of aromatic hydroxyl groups is 1. The fourth-order valence-corrected chi connectivity index (χ4v) is 3.08. The van der Waals surface area contributed by atoms with Crippen LogP contribution < -0.4 is 4.74 Å². The number of carbonyl (C=O) groups excluding carboxylic acids is 1. The number of carbonyl (C=O) groups is 1. The summed E-state index contributed by atoms with van der Waals surface area (Å²) in [7, 11) is 0. The number of halogens is 2. The number of hydrogen-bond donors (Lipinski definition) is 1. The second kappa shape index (κ2) is 6.95. The number of rotatable bonds is 3. The van der Waals surface area contributed by atoms with E-state index in [0.29, 0.717) is 5.75 Å². The van der Waals surface area contributed by atoms with Crippen LogP contribution in [0.5, 0.6) is 17.2 Å². The van der Waals surface area contributed by atoms with E-state index in [1.165, 1.54) is 10.6 Å². The van der Waals surface area contributed by atoms with Crippen molar-refractivity contribution in [1.29, 1.82) is 0 Å². The number of aromatic nitrogens is 2. The van der Waals surface area contributed by atoms with Gasteiger partial charge in [0.2, 0.25) is 0 Å². The van der Waals surface area contributed by atoms with Crippen LogP contribution >= 0.6 is 23.2 Å². The van der Waals surface area contributed by atoms with E-state index < -0.39 is 5.91 Å². The molecule has 0 atom stereocenters. The molecule has 27 heavy (non-hydrogen) atoms. The first kappa shape index (κ1) is 17.4. The molecule has 0 radical (unpaired) electrons. The Morgan fingerprint density at radius 1 is 0.963 bits per heavy atom. The fraction of sp³-hybridized carbons (Fsp3) is 0. The second-order valence-corrected chi connectivity index (χ2v) is 6.57. The first-order chi connectivity index (χ1) is 13.0. The van der Waals surface area contributed by atoms with Gasteiger partial charge in [0.15, 0.2) is 10.9 Å². The van der Waals surface area contributed by atoms with Gasteiger partial charge < -0.3 is 9.84 Å². The van der Waals surface area contributed by atoms with Crippen molar-refractivity contribution in [2.24, 2.45) is 0 Å². The Morgan fingerprint density at radius 3 is 2.44 bits per heavy atom. The van der Waals surface area contributed by atoms with Gasteiger partial charge in [-0.05, 0) is 36.4 Å². The molecule has 4 aromatic rings. The van der Waals surface area contributed by atoms with Crippen LogP contribution in [-0.2, 0) is 0 Å². The van der Waals surface area contributed by atoms with Gasteiger partial charge in [-0.15, -0.1) is 0 Å². The van der Waals surface area contributed by atoms with Gasteiger partial charge in [0.25, 0.3) is 5.91 Å². The molecule has 0 aliphatic heterocycles. The van der Waals surface area contributed by atoms with Gasteiger partial charge in [0.05, 0.1) is 5.02 Å². The molecule has 7 heteroatoms. The molecule has 1 N–H and O–H groups in total. The summed E-state index contributed by atoms with van der Waals surface area (Å²) in [5.41, 5.74) is 0.0314. The Kier molecular flexibility index (Phi) is 4.48. The van der Waals surface area contributed by atoms with Crippen LogP contribution in [0, 0.1) is 0 Å². The number of nitrogens with zero attached hydrogens (tertiary/aromatic N) is 2. The van der Waals surface area contributed by atoms with Crippen molar-refractivity contribution >= 4 is 39.9 Å². The van der Waals surface area contributed by atoms with Crippen LogP contribution in [-0.4, -0.2) is 20.6 Å². The minimum atomic E-state index is -0.416. The molecule has 0 amide bonds. The van der Waals surface area contributed by atoms with E-state index >= 15 is 0 Å². The Labute approximate surface area is 164 Å². The maximum atomic E-state index is 12.7.